The van der Waals surface area contributed by atoms with Crippen molar-refractivity contribution < 1.29 is 0 Å². The molecule has 0 atom stereocenters. The summed E-state index contributed by atoms with van der Waals surface area (Å²) in [4.78, 5) is 15.3. The van der Waals surface area contributed by atoms with Gasteiger partial charge in [0, 0.05) is 32.7 Å². The SMILES string of the molecule is Cc1csc2ncnc(N3CCN(CC4CCCCC4)CC3)c12. The first-order valence-corrected chi connectivity index (χ1v) is 9.85. The Kier molecular flexibility index (Phi) is 4.49. The van der Waals surface area contributed by atoms with Gasteiger partial charge in [-0.2, -0.15) is 0 Å². The molecule has 1 aliphatic carbocycles. The number of piperazine rings is 1. The summed E-state index contributed by atoms with van der Waals surface area (Å²) in [6.45, 7) is 8.01. The Morgan fingerprint density at radius 1 is 1.09 bits per heavy atom. The molecule has 23 heavy (non-hydrogen) atoms. The second-order valence-electron chi connectivity index (χ2n) is 7.09. The molecule has 4 nitrogen and oxygen atoms in total. The fraction of sp³-hybridized carbons (Fsp3) is 0.667. The molecular formula is C18H26N4S. The van der Waals surface area contributed by atoms with Crippen molar-refractivity contribution in [2.24, 2.45) is 5.92 Å². The lowest BCUT2D eigenvalue weighted by molar-refractivity contribution is 0.192. The van der Waals surface area contributed by atoms with Crippen LogP contribution in [0.2, 0.25) is 0 Å². The molecule has 1 saturated heterocycles. The Morgan fingerprint density at radius 3 is 2.65 bits per heavy atom. The molecule has 124 valence electrons. The summed E-state index contributed by atoms with van der Waals surface area (Å²) in [5.74, 6) is 2.09. The molecule has 2 aliphatic rings. The Labute approximate surface area is 142 Å². The zero-order valence-electron chi connectivity index (χ0n) is 14.0. The minimum atomic E-state index is 0.945. The highest BCUT2D eigenvalue weighted by molar-refractivity contribution is 7.17. The maximum absolute atomic E-state index is 4.61. The molecule has 2 aromatic heterocycles. The highest BCUT2D eigenvalue weighted by Gasteiger charge is 2.23. The third kappa shape index (κ3) is 3.22. The van der Waals surface area contributed by atoms with Gasteiger partial charge in [0.15, 0.2) is 0 Å². The van der Waals surface area contributed by atoms with Gasteiger partial charge >= 0.3 is 0 Å². The number of nitrogens with zero attached hydrogens (tertiary/aromatic N) is 4. The van der Waals surface area contributed by atoms with E-state index in [9.17, 15) is 0 Å². The zero-order valence-corrected chi connectivity index (χ0v) is 14.8. The molecule has 2 aromatic rings. The fourth-order valence-electron chi connectivity index (χ4n) is 4.12. The first kappa shape index (κ1) is 15.3. The molecule has 3 heterocycles. The van der Waals surface area contributed by atoms with Crippen LogP contribution in [-0.4, -0.2) is 47.6 Å². The van der Waals surface area contributed by atoms with Gasteiger partial charge in [0.25, 0.3) is 0 Å². The summed E-state index contributed by atoms with van der Waals surface area (Å²) in [5, 5.41) is 3.46. The normalized spacial score (nSPS) is 21.2. The number of thiophene rings is 1. The first-order valence-electron chi connectivity index (χ1n) is 8.97. The number of aromatic nitrogens is 2. The molecule has 0 spiro atoms. The minimum absolute atomic E-state index is 0.945. The van der Waals surface area contributed by atoms with Crippen LogP contribution in [0.15, 0.2) is 11.7 Å². The molecule has 2 fully saturated rings. The molecule has 0 N–H and O–H groups in total. The summed E-state index contributed by atoms with van der Waals surface area (Å²) in [7, 11) is 0. The molecule has 0 aromatic carbocycles. The van der Waals surface area contributed by atoms with Crippen LogP contribution in [0.5, 0.6) is 0 Å². The van der Waals surface area contributed by atoms with Crippen molar-refractivity contribution in [3.05, 3.63) is 17.3 Å². The van der Waals surface area contributed by atoms with Gasteiger partial charge in [-0.25, -0.2) is 9.97 Å². The van der Waals surface area contributed by atoms with Crippen molar-refractivity contribution in [2.75, 3.05) is 37.6 Å². The van der Waals surface area contributed by atoms with Gasteiger partial charge in [0.2, 0.25) is 0 Å². The molecule has 0 bridgehead atoms. The second kappa shape index (κ2) is 6.73. The lowest BCUT2D eigenvalue weighted by atomic mass is 9.89. The summed E-state index contributed by atoms with van der Waals surface area (Å²) < 4.78 is 0. The lowest BCUT2D eigenvalue weighted by Crippen LogP contribution is -2.48. The molecule has 5 heteroatoms. The van der Waals surface area contributed by atoms with Gasteiger partial charge in [-0.3, -0.25) is 4.90 Å². The molecule has 1 saturated carbocycles. The summed E-state index contributed by atoms with van der Waals surface area (Å²) >= 11 is 1.73. The number of rotatable bonds is 3. The van der Waals surface area contributed by atoms with Crippen molar-refractivity contribution in [3.8, 4) is 0 Å². The van der Waals surface area contributed by atoms with E-state index in [2.05, 4.69) is 32.1 Å². The maximum Gasteiger partial charge on any atom is 0.141 e. The predicted octanol–water partition coefficient (Wildman–Crippen LogP) is 3.70. The smallest absolute Gasteiger partial charge is 0.141 e. The Morgan fingerprint density at radius 2 is 1.87 bits per heavy atom. The minimum Gasteiger partial charge on any atom is -0.353 e. The number of fused-ring (bicyclic) bond motifs is 1. The van der Waals surface area contributed by atoms with E-state index in [1.807, 2.05) is 0 Å². The molecule has 0 unspecified atom stereocenters. The Balaban J connectivity index is 1.41. The van der Waals surface area contributed by atoms with Gasteiger partial charge in [-0.15, -0.1) is 11.3 Å². The second-order valence-corrected chi connectivity index (χ2v) is 7.95. The average molecular weight is 331 g/mol. The Bertz CT molecular complexity index is 654. The lowest BCUT2D eigenvalue weighted by Gasteiger charge is -2.38. The largest absolute Gasteiger partial charge is 0.353 e. The predicted molar refractivity (Wildman–Crippen MR) is 97.4 cm³/mol. The van der Waals surface area contributed by atoms with Crippen LogP contribution in [0.1, 0.15) is 37.7 Å². The average Bonchev–Trinajstić information content (AvgIpc) is 2.98. The highest BCUT2D eigenvalue weighted by Crippen LogP contribution is 2.31. The van der Waals surface area contributed by atoms with E-state index < -0.39 is 0 Å². The number of anilines is 1. The summed E-state index contributed by atoms with van der Waals surface area (Å²) in [6.07, 6.45) is 8.96. The summed E-state index contributed by atoms with van der Waals surface area (Å²) in [5.41, 5.74) is 1.31. The zero-order chi connectivity index (χ0) is 15.6. The standard InChI is InChI=1S/C18H26N4S/c1-14-12-23-18-16(14)17(19-13-20-18)22-9-7-21(8-10-22)11-15-5-3-2-4-6-15/h12-13,15H,2-11H2,1H3. The van der Waals surface area contributed by atoms with Crippen molar-refractivity contribution in [2.45, 2.75) is 39.0 Å². The van der Waals surface area contributed by atoms with Crippen molar-refractivity contribution in [1.82, 2.24) is 14.9 Å². The van der Waals surface area contributed by atoms with Crippen molar-refractivity contribution in [3.63, 3.8) is 0 Å². The van der Waals surface area contributed by atoms with Gasteiger partial charge in [0.1, 0.15) is 17.0 Å². The molecule has 4 rings (SSSR count). The number of hydrogen-bond acceptors (Lipinski definition) is 5. The van der Waals surface area contributed by atoms with Crippen LogP contribution in [0.3, 0.4) is 0 Å². The van der Waals surface area contributed by atoms with Crippen molar-refractivity contribution >= 4 is 27.4 Å². The van der Waals surface area contributed by atoms with Crippen LogP contribution in [0.25, 0.3) is 10.2 Å². The topological polar surface area (TPSA) is 32.3 Å². The maximum atomic E-state index is 4.61. The Hall–Kier alpha value is -1.20. The third-order valence-electron chi connectivity index (χ3n) is 5.45. The molecule has 1 aliphatic heterocycles. The molecule has 0 radical (unpaired) electrons. The van der Waals surface area contributed by atoms with Crippen LogP contribution >= 0.6 is 11.3 Å². The molecule has 0 amide bonds. The van der Waals surface area contributed by atoms with Gasteiger partial charge in [-0.1, -0.05) is 19.3 Å². The van der Waals surface area contributed by atoms with E-state index in [4.69, 9.17) is 0 Å². The van der Waals surface area contributed by atoms with E-state index in [-0.39, 0.29) is 0 Å². The number of hydrogen-bond donors (Lipinski definition) is 0. The fourth-order valence-corrected chi connectivity index (χ4v) is 5.00. The highest BCUT2D eigenvalue weighted by atomic mass is 32.1. The monoisotopic (exact) mass is 330 g/mol. The van der Waals surface area contributed by atoms with Crippen LogP contribution < -0.4 is 4.90 Å². The number of aryl methyl sites for hydroxylation is 1. The van der Waals surface area contributed by atoms with Crippen molar-refractivity contribution in [1.29, 1.82) is 0 Å². The van der Waals surface area contributed by atoms with Gasteiger partial charge in [-0.05, 0) is 36.6 Å². The van der Waals surface area contributed by atoms with E-state index in [1.54, 1.807) is 17.7 Å². The summed E-state index contributed by atoms with van der Waals surface area (Å²) in [6, 6.07) is 0. The van der Waals surface area contributed by atoms with Gasteiger partial charge in [0.05, 0.1) is 5.39 Å². The van der Waals surface area contributed by atoms with E-state index in [0.29, 0.717) is 0 Å². The van der Waals surface area contributed by atoms with Crippen LogP contribution in [0, 0.1) is 12.8 Å². The van der Waals surface area contributed by atoms with Crippen LogP contribution in [-0.2, 0) is 0 Å². The third-order valence-corrected chi connectivity index (χ3v) is 6.45. The first-order chi connectivity index (χ1) is 11.3. The van der Waals surface area contributed by atoms with Gasteiger partial charge < -0.3 is 4.90 Å². The van der Waals surface area contributed by atoms with Crippen LogP contribution in [0.4, 0.5) is 5.82 Å². The molecular weight excluding hydrogens is 304 g/mol. The quantitative estimate of drug-likeness (QED) is 0.859. The van der Waals surface area contributed by atoms with E-state index >= 15 is 0 Å². The van der Waals surface area contributed by atoms with E-state index in [0.717, 1.165) is 29.7 Å². The van der Waals surface area contributed by atoms with E-state index in [1.165, 1.54) is 62.7 Å².